The van der Waals surface area contributed by atoms with Crippen LogP contribution < -0.4 is 9.64 Å². The Morgan fingerprint density at radius 1 is 1.12 bits per heavy atom. The van der Waals surface area contributed by atoms with E-state index in [0.717, 1.165) is 18.7 Å². The Kier molecular flexibility index (Phi) is 5.16. The SMILES string of the molecule is COCCOc1ccccc1C(=O)N1CCC(C)c2ccccc21. The van der Waals surface area contributed by atoms with E-state index in [-0.39, 0.29) is 5.91 Å². The lowest BCUT2D eigenvalue weighted by molar-refractivity contribution is 0.0976. The Morgan fingerprint density at radius 2 is 1.88 bits per heavy atom. The predicted molar refractivity (Wildman–Crippen MR) is 95.0 cm³/mol. The average Bonchev–Trinajstić information content (AvgIpc) is 2.62. The second-order valence-corrected chi connectivity index (χ2v) is 6.04. The van der Waals surface area contributed by atoms with E-state index >= 15 is 0 Å². The number of rotatable bonds is 5. The van der Waals surface area contributed by atoms with Gasteiger partial charge >= 0.3 is 0 Å². The van der Waals surface area contributed by atoms with Gasteiger partial charge in [-0.25, -0.2) is 0 Å². The second-order valence-electron chi connectivity index (χ2n) is 6.04. The molecule has 4 nitrogen and oxygen atoms in total. The van der Waals surface area contributed by atoms with Gasteiger partial charge in [-0.15, -0.1) is 0 Å². The Balaban J connectivity index is 1.89. The molecule has 0 aromatic heterocycles. The van der Waals surface area contributed by atoms with Crippen molar-refractivity contribution in [3.63, 3.8) is 0 Å². The fourth-order valence-corrected chi connectivity index (χ4v) is 3.11. The molecule has 0 spiro atoms. The van der Waals surface area contributed by atoms with Gasteiger partial charge in [0.15, 0.2) is 0 Å². The lowest BCUT2D eigenvalue weighted by Gasteiger charge is -2.33. The fourth-order valence-electron chi connectivity index (χ4n) is 3.11. The Hall–Kier alpha value is -2.33. The molecule has 2 aromatic carbocycles. The highest BCUT2D eigenvalue weighted by Crippen LogP contribution is 2.36. The third-order valence-corrected chi connectivity index (χ3v) is 4.45. The van der Waals surface area contributed by atoms with Crippen molar-refractivity contribution in [3.8, 4) is 5.75 Å². The number of amides is 1. The van der Waals surface area contributed by atoms with Gasteiger partial charge in [0.1, 0.15) is 12.4 Å². The van der Waals surface area contributed by atoms with E-state index in [1.54, 1.807) is 7.11 Å². The van der Waals surface area contributed by atoms with Crippen molar-refractivity contribution >= 4 is 11.6 Å². The topological polar surface area (TPSA) is 38.8 Å². The average molecular weight is 325 g/mol. The third-order valence-electron chi connectivity index (χ3n) is 4.45. The van der Waals surface area contributed by atoms with Gasteiger partial charge in [0.2, 0.25) is 0 Å². The van der Waals surface area contributed by atoms with Gasteiger partial charge in [-0.05, 0) is 36.1 Å². The minimum atomic E-state index is -0.0117. The summed E-state index contributed by atoms with van der Waals surface area (Å²) in [6.07, 6.45) is 0.968. The van der Waals surface area contributed by atoms with E-state index in [1.807, 2.05) is 47.4 Å². The Morgan fingerprint density at radius 3 is 2.71 bits per heavy atom. The molecule has 2 aromatic rings. The summed E-state index contributed by atoms with van der Waals surface area (Å²) in [5, 5.41) is 0. The predicted octanol–water partition coefficient (Wildman–Crippen LogP) is 3.87. The molecule has 1 amide bonds. The molecule has 1 heterocycles. The normalized spacial score (nSPS) is 16.6. The summed E-state index contributed by atoms with van der Waals surface area (Å²) in [5.41, 5.74) is 2.83. The first kappa shape index (κ1) is 16.5. The number of hydrogen-bond donors (Lipinski definition) is 0. The van der Waals surface area contributed by atoms with E-state index in [4.69, 9.17) is 9.47 Å². The van der Waals surface area contributed by atoms with Gasteiger partial charge < -0.3 is 14.4 Å². The highest BCUT2D eigenvalue weighted by molar-refractivity contribution is 6.08. The molecule has 3 rings (SSSR count). The molecule has 0 aliphatic carbocycles. The minimum Gasteiger partial charge on any atom is -0.490 e. The zero-order valence-electron chi connectivity index (χ0n) is 14.2. The smallest absolute Gasteiger partial charge is 0.262 e. The molecule has 1 aliphatic rings. The highest BCUT2D eigenvalue weighted by Gasteiger charge is 2.28. The van der Waals surface area contributed by atoms with Crippen molar-refractivity contribution in [3.05, 3.63) is 59.7 Å². The van der Waals surface area contributed by atoms with E-state index in [9.17, 15) is 4.79 Å². The van der Waals surface area contributed by atoms with E-state index in [1.165, 1.54) is 5.56 Å². The molecule has 0 radical (unpaired) electrons. The van der Waals surface area contributed by atoms with Gasteiger partial charge in [-0.3, -0.25) is 4.79 Å². The minimum absolute atomic E-state index is 0.0117. The Bertz CT molecular complexity index is 714. The Labute approximate surface area is 143 Å². The van der Waals surface area contributed by atoms with Crippen LogP contribution in [0, 0.1) is 0 Å². The number of hydrogen-bond acceptors (Lipinski definition) is 3. The molecule has 4 heteroatoms. The molecular weight excluding hydrogens is 302 g/mol. The molecule has 0 bridgehead atoms. The summed E-state index contributed by atoms with van der Waals surface area (Å²) in [4.78, 5) is 15.0. The maximum atomic E-state index is 13.1. The van der Waals surface area contributed by atoms with Crippen molar-refractivity contribution in [2.24, 2.45) is 0 Å². The number of methoxy groups -OCH3 is 1. The van der Waals surface area contributed by atoms with Crippen LogP contribution in [0.25, 0.3) is 0 Å². The standard InChI is InChI=1S/C20H23NO3/c1-15-11-12-21(18-9-5-3-7-16(15)18)20(22)17-8-4-6-10-19(17)24-14-13-23-2/h3-10,15H,11-14H2,1-2H3. The van der Waals surface area contributed by atoms with Gasteiger partial charge in [0.05, 0.1) is 12.2 Å². The first-order valence-electron chi connectivity index (χ1n) is 8.34. The van der Waals surface area contributed by atoms with E-state index in [2.05, 4.69) is 13.0 Å². The molecular formula is C20H23NO3. The van der Waals surface area contributed by atoms with Crippen LogP contribution in [0.2, 0.25) is 0 Å². The molecule has 1 atom stereocenters. The molecule has 0 fully saturated rings. The van der Waals surface area contributed by atoms with Gasteiger partial charge in [0, 0.05) is 19.3 Å². The number of benzene rings is 2. The molecule has 0 saturated heterocycles. The third kappa shape index (κ3) is 3.29. The summed E-state index contributed by atoms with van der Waals surface area (Å²) in [7, 11) is 1.63. The summed E-state index contributed by atoms with van der Waals surface area (Å²) in [5.74, 6) is 1.07. The zero-order chi connectivity index (χ0) is 16.9. The van der Waals surface area contributed by atoms with E-state index in [0.29, 0.717) is 30.4 Å². The molecule has 0 N–H and O–H groups in total. The fraction of sp³-hybridized carbons (Fsp3) is 0.350. The number of fused-ring (bicyclic) bond motifs is 1. The maximum absolute atomic E-state index is 13.1. The molecule has 1 aliphatic heterocycles. The maximum Gasteiger partial charge on any atom is 0.262 e. The molecule has 1 unspecified atom stereocenters. The van der Waals surface area contributed by atoms with E-state index < -0.39 is 0 Å². The van der Waals surface area contributed by atoms with Crippen molar-refractivity contribution in [1.29, 1.82) is 0 Å². The number of para-hydroxylation sites is 2. The lowest BCUT2D eigenvalue weighted by Crippen LogP contribution is -2.36. The van der Waals surface area contributed by atoms with Crippen molar-refractivity contribution in [2.45, 2.75) is 19.3 Å². The summed E-state index contributed by atoms with van der Waals surface area (Å²) < 4.78 is 10.7. The van der Waals surface area contributed by atoms with Crippen LogP contribution in [0.3, 0.4) is 0 Å². The molecule has 126 valence electrons. The monoisotopic (exact) mass is 325 g/mol. The van der Waals surface area contributed by atoms with Crippen LogP contribution in [-0.4, -0.2) is 32.8 Å². The number of anilines is 1. The summed E-state index contributed by atoms with van der Waals surface area (Å²) in [6, 6.07) is 15.6. The number of ether oxygens (including phenoxy) is 2. The summed E-state index contributed by atoms with van der Waals surface area (Å²) in [6.45, 7) is 3.85. The van der Waals surface area contributed by atoms with Crippen molar-refractivity contribution < 1.29 is 14.3 Å². The van der Waals surface area contributed by atoms with Crippen LogP contribution in [0.5, 0.6) is 5.75 Å². The largest absolute Gasteiger partial charge is 0.490 e. The lowest BCUT2D eigenvalue weighted by atomic mass is 9.91. The van der Waals surface area contributed by atoms with Crippen molar-refractivity contribution in [2.75, 3.05) is 31.8 Å². The zero-order valence-corrected chi connectivity index (χ0v) is 14.2. The number of carbonyl (C=O) groups is 1. The molecule has 0 saturated carbocycles. The van der Waals surface area contributed by atoms with Crippen LogP contribution in [0.4, 0.5) is 5.69 Å². The quantitative estimate of drug-likeness (QED) is 0.784. The number of carbonyl (C=O) groups excluding carboxylic acids is 1. The first-order chi connectivity index (χ1) is 11.7. The van der Waals surface area contributed by atoms with Crippen molar-refractivity contribution in [1.82, 2.24) is 0 Å². The van der Waals surface area contributed by atoms with Crippen LogP contribution >= 0.6 is 0 Å². The summed E-state index contributed by atoms with van der Waals surface area (Å²) >= 11 is 0. The van der Waals surface area contributed by atoms with Crippen LogP contribution in [0.1, 0.15) is 35.2 Å². The van der Waals surface area contributed by atoms with Gasteiger partial charge in [-0.2, -0.15) is 0 Å². The first-order valence-corrected chi connectivity index (χ1v) is 8.34. The van der Waals surface area contributed by atoms with Gasteiger partial charge in [-0.1, -0.05) is 37.3 Å². The molecule has 24 heavy (non-hydrogen) atoms. The van der Waals surface area contributed by atoms with Crippen LogP contribution in [0.15, 0.2) is 48.5 Å². The highest BCUT2D eigenvalue weighted by atomic mass is 16.5. The van der Waals surface area contributed by atoms with Gasteiger partial charge in [0.25, 0.3) is 5.91 Å². The second kappa shape index (κ2) is 7.49. The number of nitrogens with zero attached hydrogens (tertiary/aromatic N) is 1. The van der Waals surface area contributed by atoms with Crippen LogP contribution in [-0.2, 0) is 4.74 Å².